The van der Waals surface area contributed by atoms with Crippen molar-refractivity contribution < 1.29 is 14.3 Å². The molecule has 0 spiro atoms. The molecule has 2 N–H and O–H groups in total. The summed E-state index contributed by atoms with van der Waals surface area (Å²) >= 11 is 0. The Balaban J connectivity index is 0.00000169. The van der Waals surface area contributed by atoms with E-state index in [2.05, 4.69) is 4.74 Å². The second-order valence-electron chi connectivity index (χ2n) is 2.42. The average molecular weight is 218 g/mol. The molecular weight excluding hydrogens is 206 g/mol. The summed E-state index contributed by atoms with van der Waals surface area (Å²) in [6.07, 6.45) is 0. The van der Waals surface area contributed by atoms with Gasteiger partial charge in [-0.25, -0.2) is 4.79 Å². The van der Waals surface area contributed by atoms with Gasteiger partial charge in [-0.1, -0.05) is 6.07 Å². The highest BCUT2D eigenvalue weighted by Crippen LogP contribution is 2.26. The maximum atomic E-state index is 11.2. The van der Waals surface area contributed by atoms with Gasteiger partial charge in [-0.05, 0) is 12.1 Å². The van der Waals surface area contributed by atoms with Crippen molar-refractivity contribution in [1.29, 1.82) is 0 Å². The number of nitrogens with two attached hydrogens (primary N) is 1. The van der Waals surface area contributed by atoms with E-state index in [1.54, 1.807) is 18.2 Å². The number of hydrogen-bond acceptors (Lipinski definition) is 4. The molecule has 0 heterocycles. The number of nitrogen functional groups attached to an aromatic ring is 1. The number of carbonyl (C=O) groups is 1. The highest BCUT2D eigenvalue weighted by atomic mass is 35.5. The van der Waals surface area contributed by atoms with Crippen LogP contribution < -0.4 is 10.5 Å². The SMILES string of the molecule is COC(=O)c1cccc(N)c1OC.Cl. The Hall–Kier alpha value is -1.42. The quantitative estimate of drug-likeness (QED) is 0.602. The van der Waals surface area contributed by atoms with Crippen LogP contribution in [-0.2, 0) is 4.74 Å². The van der Waals surface area contributed by atoms with Crippen LogP contribution in [0.5, 0.6) is 5.75 Å². The van der Waals surface area contributed by atoms with Crippen molar-refractivity contribution in [3.8, 4) is 5.75 Å². The third-order valence-electron chi connectivity index (χ3n) is 1.65. The molecule has 1 aromatic rings. The minimum Gasteiger partial charge on any atom is -0.494 e. The lowest BCUT2D eigenvalue weighted by Crippen LogP contribution is -2.05. The van der Waals surface area contributed by atoms with Gasteiger partial charge >= 0.3 is 5.97 Å². The van der Waals surface area contributed by atoms with E-state index in [0.717, 1.165) is 0 Å². The van der Waals surface area contributed by atoms with E-state index in [4.69, 9.17) is 10.5 Å². The van der Waals surface area contributed by atoms with Gasteiger partial charge in [0, 0.05) is 0 Å². The van der Waals surface area contributed by atoms with Crippen LogP contribution in [0.1, 0.15) is 10.4 Å². The van der Waals surface area contributed by atoms with Gasteiger partial charge in [0.05, 0.1) is 19.9 Å². The van der Waals surface area contributed by atoms with Crippen LogP contribution in [-0.4, -0.2) is 20.2 Å². The summed E-state index contributed by atoms with van der Waals surface area (Å²) in [6, 6.07) is 4.93. The number of hydrogen-bond donors (Lipinski definition) is 1. The predicted octanol–water partition coefficient (Wildman–Crippen LogP) is 1.49. The number of para-hydroxylation sites is 1. The second-order valence-corrected chi connectivity index (χ2v) is 2.42. The van der Waals surface area contributed by atoms with E-state index < -0.39 is 5.97 Å². The fourth-order valence-corrected chi connectivity index (χ4v) is 1.05. The Morgan fingerprint density at radius 2 is 2.00 bits per heavy atom. The first-order valence-electron chi connectivity index (χ1n) is 3.71. The molecule has 0 aliphatic rings. The molecule has 0 saturated carbocycles. The summed E-state index contributed by atoms with van der Waals surface area (Å²) in [7, 11) is 2.77. The van der Waals surface area contributed by atoms with E-state index >= 15 is 0 Å². The Bertz CT molecular complexity index is 328. The summed E-state index contributed by atoms with van der Waals surface area (Å²) in [5.74, 6) is -0.0986. The van der Waals surface area contributed by atoms with Crippen molar-refractivity contribution >= 4 is 24.1 Å². The molecule has 0 atom stereocenters. The number of carbonyl (C=O) groups excluding carboxylic acids is 1. The monoisotopic (exact) mass is 217 g/mol. The topological polar surface area (TPSA) is 61.5 Å². The highest BCUT2D eigenvalue weighted by Gasteiger charge is 2.13. The minimum absolute atomic E-state index is 0. The molecule has 1 aromatic carbocycles. The molecular formula is C9H12ClNO3. The highest BCUT2D eigenvalue weighted by molar-refractivity contribution is 5.94. The van der Waals surface area contributed by atoms with Gasteiger partial charge in [0.15, 0.2) is 5.75 Å². The third kappa shape index (κ3) is 2.29. The largest absolute Gasteiger partial charge is 0.494 e. The van der Waals surface area contributed by atoms with Crippen LogP contribution in [0.4, 0.5) is 5.69 Å². The van der Waals surface area contributed by atoms with E-state index in [1.165, 1.54) is 14.2 Å². The molecule has 0 aromatic heterocycles. The lowest BCUT2D eigenvalue weighted by atomic mass is 10.2. The molecule has 0 amide bonds. The van der Waals surface area contributed by atoms with Crippen LogP contribution in [0.25, 0.3) is 0 Å². The number of ether oxygens (including phenoxy) is 2. The van der Waals surface area contributed by atoms with Crippen LogP contribution in [0.3, 0.4) is 0 Å². The van der Waals surface area contributed by atoms with Crippen LogP contribution in [0, 0.1) is 0 Å². The maximum Gasteiger partial charge on any atom is 0.341 e. The van der Waals surface area contributed by atoms with Crippen molar-refractivity contribution in [3.05, 3.63) is 23.8 Å². The lowest BCUT2D eigenvalue weighted by molar-refractivity contribution is 0.0597. The molecule has 0 unspecified atom stereocenters. The number of halogens is 1. The fourth-order valence-electron chi connectivity index (χ4n) is 1.05. The van der Waals surface area contributed by atoms with Crippen molar-refractivity contribution in [2.24, 2.45) is 0 Å². The molecule has 0 radical (unpaired) electrons. The number of methoxy groups -OCH3 is 2. The molecule has 0 saturated heterocycles. The summed E-state index contributed by atoms with van der Waals surface area (Å²) in [4.78, 5) is 11.2. The molecule has 1 rings (SSSR count). The molecule has 14 heavy (non-hydrogen) atoms. The Morgan fingerprint density at radius 3 is 2.50 bits per heavy atom. The summed E-state index contributed by atoms with van der Waals surface area (Å²) in [5.41, 5.74) is 6.35. The van der Waals surface area contributed by atoms with Gasteiger partial charge in [-0.3, -0.25) is 0 Å². The zero-order valence-corrected chi connectivity index (χ0v) is 8.76. The van der Waals surface area contributed by atoms with Crippen LogP contribution in [0.15, 0.2) is 18.2 Å². The number of benzene rings is 1. The van der Waals surface area contributed by atoms with Gasteiger partial charge in [0.1, 0.15) is 5.56 Å². The Morgan fingerprint density at radius 1 is 1.36 bits per heavy atom. The van der Waals surface area contributed by atoms with Gasteiger partial charge in [0.25, 0.3) is 0 Å². The minimum atomic E-state index is -0.454. The predicted molar refractivity (Wildman–Crippen MR) is 56.0 cm³/mol. The third-order valence-corrected chi connectivity index (χ3v) is 1.65. The van der Waals surface area contributed by atoms with Gasteiger partial charge in [-0.15, -0.1) is 12.4 Å². The molecule has 0 bridgehead atoms. The molecule has 4 nitrogen and oxygen atoms in total. The van der Waals surface area contributed by atoms with Gasteiger partial charge in [0.2, 0.25) is 0 Å². The standard InChI is InChI=1S/C9H11NO3.ClH/c1-12-8-6(9(11)13-2)4-3-5-7(8)10;/h3-5H,10H2,1-2H3;1H. The first-order chi connectivity index (χ1) is 6.20. The smallest absolute Gasteiger partial charge is 0.341 e. The van der Waals surface area contributed by atoms with Crippen molar-refractivity contribution in [3.63, 3.8) is 0 Å². The van der Waals surface area contributed by atoms with E-state index in [1.807, 2.05) is 0 Å². The lowest BCUT2D eigenvalue weighted by Gasteiger charge is -2.08. The van der Waals surface area contributed by atoms with E-state index in [0.29, 0.717) is 17.0 Å². The molecule has 0 aliphatic heterocycles. The Labute approximate surface area is 88.4 Å². The summed E-state index contributed by atoms with van der Waals surface area (Å²) < 4.78 is 9.53. The number of anilines is 1. The zero-order valence-electron chi connectivity index (χ0n) is 7.94. The van der Waals surface area contributed by atoms with E-state index in [-0.39, 0.29) is 12.4 Å². The fraction of sp³-hybridized carbons (Fsp3) is 0.222. The maximum absolute atomic E-state index is 11.2. The molecule has 0 aliphatic carbocycles. The second kappa shape index (κ2) is 5.34. The molecule has 0 fully saturated rings. The van der Waals surface area contributed by atoms with Gasteiger partial charge in [-0.2, -0.15) is 0 Å². The molecule has 5 heteroatoms. The summed E-state index contributed by atoms with van der Waals surface area (Å²) in [6.45, 7) is 0. The number of rotatable bonds is 2. The first kappa shape index (κ1) is 12.6. The van der Waals surface area contributed by atoms with Crippen molar-refractivity contribution in [2.45, 2.75) is 0 Å². The normalized spacial score (nSPS) is 8.71. The zero-order chi connectivity index (χ0) is 9.84. The molecule has 78 valence electrons. The Kier molecular flexibility index (Phi) is 4.80. The van der Waals surface area contributed by atoms with Crippen molar-refractivity contribution in [2.75, 3.05) is 20.0 Å². The van der Waals surface area contributed by atoms with Crippen LogP contribution >= 0.6 is 12.4 Å². The van der Waals surface area contributed by atoms with Crippen LogP contribution in [0.2, 0.25) is 0 Å². The van der Waals surface area contributed by atoms with E-state index in [9.17, 15) is 4.79 Å². The van der Waals surface area contributed by atoms with Gasteiger partial charge < -0.3 is 15.2 Å². The number of esters is 1. The average Bonchev–Trinajstić information content (AvgIpc) is 2.16. The van der Waals surface area contributed by atoms with Crippen molar-refractivity contribution in [1.82, 2.24) is 0 Å². The first-order valence-corrected chi connectivity index (χ1v) is 3.71. The summed E-state index contributed by atoms with van der Waals surface area (Å²) in [5, 5.41) is 0.